The quantitative estimate of drug-likeness (QED) is 0.692. The zero-order valence-electron chi connectivity index (χ0n) is 11.8. The van der Waals surface area contributed by atoms with Crippen molar-refractivity contribution in [3.63, 3.8) is 0 Å². The lowest BCUT2D eigenvalue weighted by atomic mass is 10.1. The molecule has 2 fully saturated rings. The van der Waals surface area contributed by atoms with Crippen molar-refractivity contribution < 1.29 is 27.0 Å². The molecular weight excluding hydrogens is 300 g/mol. The maximum Gasteiger partial charge on any atom is 0.573 e. The summed E-state index contributed by atoms with van der Waals surface area (Å²) in [6, 6.07) is 2.75. The molecule has 2 saturated carbocycles. The standard InChI is InChI=1S/C16H16F4O2/c17-14-12(6-5-10-1-2-10)7-8-13(21-9-11-3-4-11)15(14)22-16(18,19)20/h5-8,10-11H,1-4,9H2/b6-5+. The molecule has 1 aromatic carbocycles. The normalized spacial score (nSPS) is 18.7. The molecule has 0 spiro atoms. The Kier molecular flexibility index (Phi) is 4.02. The third kappa shape index (κ3) is 4.15. The topological polar surface area (TPSA) is 18.5 Å². The monoisotopic (exact) mass is 316 g/mol. The summed E-state index contributed by atoms with van der Waals surface area (Å²) < 4.78 is 61.0. The van der Waals surface area contributed by atoms with E-state index in [9.17, 15) is 17.6 Å². The van der Waals surface area contributed by atoms with Crippen molar-refractivity contribution in [2.75, 3.05) is 6.61 Å². The maximum atomic E-state index is 14.3. The van der Waals surface area contributed by atoms with Crippen LogP contribution in [0.15, 0.2) is 18.2 Å². The first-order chi connectivity index (χ1) is 10.4. The minimum atomic E-state index is -4.96. The van der Waals surface area contributed by atoms with E-state index in [-0.39, 0.29) is 17.9 Å². The van der Waals surface area contributed by atoms with Crippen LogP contribution in [-0.2, 0) is 0 Å². The molecule has 0 heterocycles. The van der Waals surface area contributed by atoms with Crippen LogP contribution in [0, 0.1) is 17.7 Å². The van der Waals surface area contributed by atoms with E-state index in [1.165, 1.54) is 18.2 Å². The van der Waals surface area contributed by atoms with Gasteiger partial charge < -0.3 is 9.47 Å². The first-order valence-corrected chi connectivity index (χ1v) is 7.31. The Balaban J connectivity index is 1.84. The molecule has 6 heteroatoms. The Morgan fingerprint density at radius 3 is 2.45 bits per heavy atom. The highest BCUT2D eigenvalue weighted by atomic mass is 19.4. The van der Waals surface area contributed by atoms with Gasteiger partial charge in [0.2, 0.25) is 5.75 Å². The van der Waals surface area contributed by atoms with Crippen LogP contribution in [0.1, 0.15) is 31.2 Å². The molecule has 0 unspecified atom stereocenters. The summed E-state index contributed by atoms with van der Waals surface area (Å²) in [5, 5.41) is 0. The average Bonchev–Trinajstić information content (AvgIpc) is 3.31. The zero-order valence-corrected chi connectivity index (χ0v) is 11.8. The highest BCUT2D eigenvalue weighted by Gasteiger charge is 2.35. The van der Waals surface area contributed by atoms with Crippen LogP contribution in [0.2, 0.25) is 0 Å². The van der Waals surface area contributed by atoms with Gasteiger partial charge in [0.1, 0.15) is 0 Å². The number of ether oxygens (including phenoxy) is 2. The van der Waals surface area contributed by atoms with Gasteiger partial charge in [0.25, 0.3) is 0 Å². The number of rotatable bonds is 6. The fraction of sp³-hybridized carbons (Fsp3) is 0.500. The van der Waals surface area contributed by atoms with Gasteiger partial charge in [-0.15, -0.1) is 13.2 Å². The summed E-state index contributed by atoms with van der Waals surface area (Å²) in [7, 11) is 0. The first kappa shape index (κ1) is 15.2. The summed E-state index contributed by atoms with van der Waals surface area (Å²) in [5.41, 5.74) is 0.0740. The molecule has 0 radical (unpaired) electrons. The number of hydrogen-bond donors (Lipinski definition) is 0. The Morgan fingerprint density at radius 1 is 1.14 bits per heavy atom. The smallest absolute Gasteiger partial charge is 0.489 e. The number of hydrogen-bond acceptors (Lipinski definition) is 2. The van der Waals surface area contributed by atoms with Gasteiger partial charge in [-0.3, -0.25) is 0 Å². The van der Waals surface area contributed by atoms with E-state index in [0.29, 0.717) is 11.8 Å². The fourth-order valence-corrected chi connectivity index (χ4v) is 2.03. The molecular formula is C16H16F4O2. The van der Waals surface area contributed by atoms with Gasteiger partial charge in [-0.25, -0.2) is 4.39 Å². The lowest BCUT2D eigenvalue weighted by Crippen LogP contribution is -2.19. The molecule has 22 heavy (non-hydrogen) atoms. The van der Waals surface area contributed by atoms with E-state index in [1.807, 2.05) is 0 Å². The second-order valence-electron chi connectivity index (χ2n) is 5.79. The highest BCUT2D eigenvalue weighted by Crippen LogP contribution is 2.39. The van der Waals surface area contributed by atoms with Gasteiger partial charge in [0.15, 0.2) is 11.6 Å². The molecule has 0 N–H and O–H groups in total. The molecule has 2 aliphatic rings. The van der Waals surface area contributed by atoms with Crippen LogP contribution in [-0.4, -0.2) is 13.0 Å². The Bertz CT molecular complexity index is 572. The predicted molar refractivity (Wildman–Crippen MR) is 73.1 cm³/mol. The molecule has 3 rings (SSSR count). The van der Waals surface area contributed by atoms with Crippen molar-refractivity contribution in [2.24, 2.45) is 11.8 Å². The van der Waals surface area contributed by atoms with E-state index < -0.39 is 17.9 Å². The molecule has 0 bridgehead atoms. The van der Waals surface area contributed by atoms with E-state index in [0.717, 1.165) is 25.7 Å². The van der Waals surface area contributed by atoms with Crippen molar-refractivity contribution in [2.45, 2.75) is 32.0 Å². The van der Waals surface area contributed by atoms with E-state index in [2.05, 4.69) is 4.74 Å². The van der Waals surface area contributed by atoms with Gasteiger partial charge in [-0.2, -0.15) is 0 Å². The van der Waals surface area contributed by atoms with Crippen LogP contribution < -0.4 is 9.47 Å². The lowest BCUT2D eigenvalue weighted by Gasteiger charge is -2.16. The largest absolute Gasteiger partial charge is 0.573 e. The molecule has 0 atom stereocenters. The van der Waals surface area contributed by atoms with Crippen LogP contribution in [0.3, 0.4) is 0 Å². The van der Waals surface area contributed by atoms with Crippen molar-refractivity contribution in [3.8, 4) is 11.5 Å². The van der Waals surface area contributed by atoms with E-state index >= 15 is 0 Å². The predicted octanol–water partition coefficient (Wildman–Crippen LogP) is 4.94. The lowest BCUT2D eigenvalue weighted by molar-refractivity contribution is -0.276. The Morgan fingerprint density at radius 2 is 1.86 bits per heavy atom. The zero-order chi connectivity index (χ0) is 15.7. The molecule has 0 saturated heterocycles. The molecule has 2 nitrogen and oxygen atoms in total. The summed E-state index contributed by atoms with van der Waals surface area (Å²) in [4.78, 5) is 0. The van der Waals surface area contributed by atoms with Gasteiger partial charge in [-0.05, 0) is 49.7 Å². The van der Waals surface area contributed by atoms with Crippen molar-refractivity contribution in [1.29, 1.82) is 0 Å². The second-order valence-corrected chi connectivity index (χ2v) is 5.79. The summed E-state index contributed by atoms with van der Waals surface area (Å²) in [6.07, 6.45) is 2.39. The fourth-order valence-electron chi connectivity index (χ4n) is 2.03. The number of halogens is 4. The van der Waals surface area contributed by atoms with Crippen LogP contribution >= 0.6 is 0 Å². The van der Waals surface area contributed by atoms with Crippen LogP contribution in [0.4, 0.5) is 17.6 Å². The third-order valence-corrected chi connectivity index (χ3v) is 3.65. The first-order valence-electron chi connectivity index (χ1n) is 7.31. The van der Waals surface area contributed by atoms with Crippen LogP contribution in [0.25, 0.3) is 6.08 Å². The van der Waals surface area contributed by atoms with Gasteiger partial charge in [0.05, 0.1) is 6.61 Å². The summed E-state index contributed by atoms with van der Waals surface area (Å²) in [6.45, 7) is 0.283. The number of benzene rings is 1. The Labute approximate surface area is 125 Å². The molecule has 0 aromatic heterocycles. The van der Waals surface area contributed by atoms with Crippen molar-refractivity contribution in [3.05, 3.63) is 29.6 Å². The average molecular weight is 316 g/mol. The molecule has 2 aliphatic carbocycles. The second kappa shape index (κ2) is 5.82. The number of allylic oxidation sites excluding steroid dienone is 1. The van der Waals surface area contributed by atoms with E-state index in [1.54, 1.807) is 6.08 Å². The van der Waals surface area contributed by atoms with Crippen LogP contribution in [0.5, 0.6) is 11.5 Å². The van der Waals surface area contributed by atoms with Gasteiger partial charge in [-0.1, -0.05) is 12.2 Å². The minimum absolute atomic E-state index is 0.0740. The molecule has 0 amide bonds. The molecule has 0 aliphatic heterocycles. The highest BCUT2D eigenvalue weighted by molar-refractivity contribution is 5.57. The Hall–Kier alpha value is -1.72. The maximum absolute atomic E-state index is 14.3. The van der Waals surface area contributed by atoms with Gasteiger partial charge in [0, 0.05) is 5.56 Å². The van der Waals surface area contributed by atoms with Crippen molar-refractivity contribution in [1.82, 2.24) is 0 Å². The summed E-state index contributed by atoms with van der Waals surface area (Å²) in [5.74, 6) is -1.38. The third-order valence-electron chi connectivity index (χ3n) is 3.65. The minimum Gasteiger partial charge on any atom is -0.489 e. The molecule has 120 valence electrons. The van der Waals surface area contributed by atoms with Gasteiger partial charge >= 0.3 is 6.36 Å². The number of alkyl halides is 3. The summed E-state index contributed by atoms with van der Waals surface area (Å²) >= 11 is 0. The molecule has 1 aromatic rings. The van der Waals surface area contributed by atoms with E-state index in [4.69, 9.17) is 4.74 Å². The SMILES string of the molecule is Fc1c(/C=C/C2CC2)ccc(OCC2CC2)c1OC(F)(F)F. The van der Waals surface area contributed by atoms with Crippen molar-refractivity contribution >= 4 is 6.08 Å².